The molecule has 0 aromatic carbocycles. The average Bonchev–Trinajstić information content (AvgIpc) is 1.80. The number of hydrogen-bond donors (Lipinski definition) is 2. The van der Waals surface area contributed by atoms with E-state index in [4.69, 9.17) is 11.0 Å². The lowest BCUT2D eigenvalue weighted by atomic mass is 10.1. The van der Waals surface area contributed by atoms with Crippen LogP contribution in [-0.4, -0.2) is 12.4 Å². The number of carbonyl (C=O) groups excluding carboxylic acids is 1. The van der Waals surface area contributed by atoms with Gasteiger partial charge in [-0.25, -0.2) is 11.0 Å². The highest BCUT2D eigenvalue weighted by Crippen LogP contribution is 2.26. The van der Waals surface area contributed by atoms with Crippen molar-refractivity contribution < 1.29 is 13.9 Å². The van der Waals surface area contributed by atoms with Gasteiger partial charge in [-0.15, -0.1) is 0 Å². The number of Topliss-reactive ketones (excluding diaryl/α,β-unsaturated/α-hetero) is 1. The smallest absolute Gasteiger partial charge is 0.306 e. The molecule has 1 unspecified atom stereocenters. The Morgan fingerprint density at radius 3 is 2.36 bits per heavy atom. The van der Waals surface area contributed by atoms with Crippen molar-refractivity contribution in [2.24, 2.45) is 16.9 Å². The van der Waals surface area contributed by atoms with Crippen molar-refractivity contribution in [3.05, 3.63) is 0 Å². The second-order valence-electron chi connectivity index (χ2n) is 2.45. The highest BCUT2D eigenvalue weighted by Gasteiger charge is 2.13. The number of ketones is 1. The van der Waals surface area contributed by atoms with Crippen LogP contribution in [0.25, 0.3) is 0 Å². The first kappa shape index (κ1) is 10.8. The van der Waals surface area contributed by atoms with Gasteiger partial charge in [0.05, 0.1) is 6.61 Å². The predicted molar refractivity (Wildman–Crippen MR) is 41.8 cm³/mol. The van der Waals surface area contributed by atoms with Crippen LogP contribution in [0.3, 0.4) is 0 Å². The van der Waals surface area contributed by atoms with Crippen LogP contribution >= 0.6 is 7.67 Å². The highest BCUT2D eigenvalue weighted by atomic mass is 31.2. The van der Waals surface area contributed by atoms with Crippen LogP contribution in [0.15, 0.2) is 0 Å². The van der Waals surface area contributed by atoms with E-state index in [2.05, 4.69) is 4.52 Å². The molecule has 0 aliphatic rings. The van der Waals surface area contributed by atoms with Crippen LogP contribution in [-0.2, 0) is 13.9 Å². The number of nitrogens with two attached hydrogens (primary N) is 2. The fraction of sp³-hybridized carbons (Fsp3) is 0.800. The van der Waals surface area contributed by atoms with E-state index in [9.17, 15) is 9.36 Å². The van der Waals surface area contributed by atoms with Gasteiger partial charge in [-0.1, -0.05) is 6.92 Å². The average molecular weight is 180 g/mol. The van der Waals surface area contributed by atoms with Crippen LogP contribution in [0.1, 0.15) is 13.8 Å². The molecule has 0 saturated heterocycles. The van der Waals surface area contributed by atoms with E-state index in [0.29, 0.717) is 0 Å². The SMILES string of the molecule is CC(=O)C(C)COP(N)(N)=O. The third kappa shape index (κ3) is 6.19. The molecule has 0 spiro atoms. The van der Waals surface area contributed by atoms with E-state index < -0.39 is 7.67 Å². The van der Waals surface area contributed by atoms with Crippen molar-refractivity contribution in [3.8, 4) is 0 Å². The molecule has 5 nitrogen and oxygen atoms in total. The predicted octanol–water partition coefficient (Wildman–Crippen LogP) is 0.254. The summed E-state index contributed by atoms with van der Waals surface area (Å²) in [7, 11) is -3.41. The van der Waals surface area contributed by atoms with E-state index in [1.54, 1.807) is 6.92 Å². The van der Waals surface area contributed by atoms with Gasteiger partial charge in [-0.2, -0.15) is 0 Å². The maximum absolute atomic E-state index is 10.6. The molecule has 0 bridgehead atoms. The fourth-order valence-electron chi connectivity index (χ4n) is 0.346. The molecule has 66 valence electrons. The first-order chi connectivity index (χ1) is 4.83. The van der Waals surface area contributed by atoms with Gasteiger partial charge in [0.1, 0.15) is 5.78 Å². The van der Waals surface area contributed by atoms with Crippen molar-refractivity contribution in [1.29, 1.82) is 0 Å². The van der Waals surface area contributed by atoms with Gasteiger partial charge in [0.25, 0.3) is 0 Å². The summed E-state index contributed by atoms with van der Waals surface area (Å²) < 4.78 is 15.1. The molecule has 0 heterocycles. The highest BCUT2D eigenvalue weighted by molar-refractivity contribution is 7.53. The van der Waals surface area contributed by atoms with Gasteiger partial charge in [0.2, 0.25) is 0 Å². The Bertz CT molecular complexity index is 188. The van der Waals surface area contributed by atoms with E-state index >= 15 is 0 Å². The van der Waals surface area contributed by atoms with E-state index in [-0.39, 0.29) is 18.3 Å². The summed E-state index contributed by atoms with van der Waals surface area (Å²) >= 11 is 0. The topological polar surface area (TPSA) is 95.4 Å². The molecule has 1 atom stereocenters. The zero-order chi connectivity index (χ0) is 9.07. The van der Waals surface area contributed by atoms with Gasteiger partial charge in [-0.05, 0) is 6.92 Å². The molecule has 0 fully saturated rings. The maximum atomic E-state index is 10.6. The summed E-state index contributed by atoms with van der Waals surface area (Å²) in [6, 6.07) is 0. The third-order valence-electron chi connectivity index (χ3n) is 1.22. The van der Waals surface area contributed by atoms with Crippen molar-refractivity contribution in [3.63, 3.8) is 0 Å². The number of rotatable bonds is 4. The van der Waals surface area contributed by atoms with Crippen LogP contribution < -0.4 is 11.0 Å². The van der Waals surface area contributed by atoms with Crippen LogP contribution in [0, 0.1) is 5.92 Å². The zero-order valence-corrected chi connectivity index (χ0v) is 7.51. The molecule has 0 saturated carbocycles. The lowest BCUT2D eigenvalue weighted by Crippen LogP contribution is -2.17. The van der Waals surface area contributed by atoms with Crippen molar-refractivity contribution in [2.45, 2.75) is 13.8 Å². The van der Waals surface area contributed by atoms with Crippen LogP contribution in [0.5, 0.6) is 0 Å². The quantitative estimate of drug-likeness (QED) is 0.604. The van der Waals surface area contributed by atoms with E-state index in [0.717, 1.165) is 0 Å². The lowest BCUT2D eigenvalue weighted by Gasteiger charge is -2.10. The second-order valence-corrected chi connectivity index (χ2v) is 4.00. The molecular weight excluding hydrogens is 167 g/mol. The monoisotopic (exact) mass is 180 g/mol. The molecule has 0 rings (SSSR count). The molecule has 0 aliphatic carbocycles. The molecule has 0 amide bonds. The normalized spacial score (nSPS) is 14.5. The standard InChI is InChI=1S/C5H13N2O3P/c1-4(5(2)8)3-10-11(6,7)9/h4H,3H2,1-2H3,(H4,6,7,9). The first-order valence-corrected chi connectivity index (χ1v) is 4.91. The van der Waals surface area contributed by atoms with Gasteiger partial charge < -0.3 is 4.52 Å². The largest absolute Gasteiger partial charge is 0.335 e. The lowest BCUT2D eigenvalue weighted by molar-refractivity contribution is -0.121. The summed E-state index contributed by atoms with van der Waals surface area (Å²) in [6.07, 6.45) is 0. The Morgan fingerprint density at radius 2 is 2.09 bits per heavy atom. The molecule has 11 heavy (non-hydrogen) atoms. The van der Waals surface area contributed by atoms with Gasteiger partial charge in [-0.3, -0.25) is 9.36 Å². The van der Waals surface area contributed by atoms with Crippen molar-refractivity contribution >= 4 is 13.5 Å². The maximum Gasteiger partial charge on any atom is 0.335 e. The Balaban J connectivity index is 3.72. The van der Waals surface area contributed by atoms with Crippen LogP contribution in [0.2, 0.25) is 0 Å². The number of carbonyl (C=O) groups is 1. The zero-order valence-electron chi connectivity index (χ0n) is 6.61. The molecule has 6 heteroatoms. The molecule has 0 aromatic rings. The fourth-order valence-corrected chi connectivity index (χ4v) is 0.802. The van der Waals surface area contributed by atoms with Gasteiger partial charge in [0.15, 0.2) is 0 Å². The van der Waals surface area contributed by atoms with Gasteiger partial charge in [0, 0.05) is 5.92 Å². The molecule has 4 N–H and O–H groups in total. The molecule has 0 aromatic heterocycles. The minimum Gasteiger partial charge on any atom is -0.306 e. The summed E-state index contributed by atoms with van der Waals surface area (Å²) in [5.74, 6) is -0.353. The Kier molecular flexibility index (Phi) is 3.89. The summed E-state index contributed by atoms with van der Waals surface area (Å²) in [5.41, 5.74) is 9.77. The Morgan fingerprint density at radius 1 is 1.64 bits per heavy atom. The minimum atomic E-state index is -3.41. The summed E-state index contributed by atoms with van der Waals surface area (Å²) in [6.45, 7) is 3.09. The van der Waals surface area contributed by atoms with E-state index in [1.807, 2.05) is 0 Å². The van der Waals surface area contributed by atoms with Gasteiger partial charge >= 0.3 is 7.67 Å². The summed E-state index contributed by atoms with van der Waals surface area (Å²) in [4.78, 5) is 10.6. The second kappa shape index (κ2) is 3.97. The van der Waals surface area contributed by atoms with Crippen molar-refractivity contribution in [2.75, 3.05) is 6.61 Å². The Labute approximate surface area is 65.6 Å². The molecular formula is C5H13N2O3P. The number of hydrogen-bond acceptors (Lipinski definition) is 3. The van der Waals surface area contributed by atoms with E-state index in [1.165, 1.54) is 6.92 Å². The van der Waals surface area contributed by atoms with Crippen LogP contribution in [0.4, 0.5) is 0 Å². The third-order valence-corrected chi connectivity index (χ3v) is 1.77. The molecule has 0 aliphatic heterocycles. The first-order valence-electron chi connectivity index (χ1n) is 3.15. The minimum absolute atomic E-state index is 0.0135. The summed E-state index contributed by atoms with van der Waals surface area (Å²) in [5, 5.41) is 0. The molecule has 0 radical (unpaired) electrons. The van der Waals surface area contributed by atoms with Crippen molar-refractivity contribution in [1.82, 2.24) is 0 Å². The Hall–Kier alpha value is -0.220.